The topological polar surface area (TPSA) is 62.2 Å². The second kappa shape index (κ2) is 5.80. The summed E-state index contributed by atoms with van der Waals surface area (Å²) in [6, 6.07) is 3.15. The van der Waals surface area contributed by atoms with E-state index in [0.29, 0.717) is 12.4 Å². The van der Waals surface area contributed by atoms with E-state index >= 15 is 0 Å². The first-order chi connectivity index (χ1) is 7.25. The molecule has 1 aromatic rings. The molecule has 0 aromatic carbocycles. The molecule has 0 atom stereocenters. The van der Waals surface area contributed by atoms with Crippen molar-refractivity contribution in [1.82, 2.24) is 4.98 Å². The van der Waals surface area contributed by atoms with Crippen molar-refractivity contribution in [1.29, 1.82) is 0 Å². The number of rotatable bonds is 5. The Morgan fingerprint density at radius 2 is 2.47 bits per heavy atom. The largest absolute Gasteiger partial charge is 0.478 e. The van der Waals surface area contributed by atoms with Gasteiger partial charge in [0.05, 0.1) is 0 Å². The molecule has 0 fully saturated rings. The van der Waals surface area contributed by atoms with Crippen LogP contribution < -0.4 is 5.32 Å². The maximum atomic E-state index is 10.8. The first-order valence-corrected chi connectivity index (χ1v) is 4.79. The van der Waals surface area contributed by atoms with Crippen LogP contribution in [-0.4, -0.2) is 22.6 Å². The molecule has 4 nitrogen and oxygen atoms in total. The number of nitrogens with zero attached hydrogens (tertiary/aromatic N) is 1. The van der Waals surface area contributed by atoms with Gasteiger partial charge in [-0.1, -0.05) is 12.2 Å². The summed E-state index contributed by atoms with van der Waals surface area (Å²) in [7, 11) is 0. The highest BCUT2D eigenvalue weighted by molar-refractivity contribution is 5.92. The lowest BCUT2D eigenvalue weighted by atomic mass is 10.2. The smallest absolute Gasteiger partial charge is 0.339 e. The fourth-order valence-electron chi connectivity index (χ4n) is 1.16. The molecule has 0 saturated heterocycles. The fourth-order valence-corrected chi connectivity index (χ4v) is 1.16. The predicted molar refractivity (Wildman–Crippen MR) is 59.1 cm³/mol. The first kappa shape index (κ1) is 11.2. The van der Waals surface area contributed by atoms with E-state index in [1.807, 2.05) is 19.1 Å². The minimum absolute atomic E-state index is 0.206. The van der Waals surface area contributed by atoms with E-state index in [9.17, 15) is 4.79 Å². The Balaban J connectivity index is 2.63. The van der Waals surface area contributed by atoms with Crippen LogP contribution in [0.3, 0.4) is 0 Å². The van der Waals surface area contributed by atoms with E-state index in [0.717, 1.165) is 6.42 Å². The molecule has 0 saturated carbocycles. The molecule has 0 aliphatic carbocycles. The van der Waals surface area contributed by atoms with Gasteiger partial charge >= 0.3 is 5.97 Å². The van der Waals surface area contributed by atoms with Crippen LogP contribution in [0.4, 0.5) is 5.82 Å². The van der Waals surface area contributed by atoms with E-state index in [4.69, 9.17) is 5.11 Å². The lowest BCUT2D eigenvalue weighted by molar-refractivity contribution is 0.0697. The van der Waals surface area contributed by atoms with Crippen LogP contribution in [0.25, 0.3) is 0 Å². The van der Waals surface area contributed by atoms with Crippen LogP contribution in [0, 0.1) is 0 Å². The zero-order valence-electron chi connectivity index (χ0n) is 8.60. The molecule has 0 radical (unpaired) electrons. The maximum absolute atomic E-state index is 10.8. The lowest BCUT2D eigenvalue weighted by Gasteiger charge is -2.06. The number of hydrogen-bond acceptors (Lipinski definition) is 3. The molecule has 0 spiro atoms. The van der Waals surface area contributed by atoms with Crippen molar-refractivity contribution in [2.75, 3.05) is 11.9 Å². The number of aromatic nitrogens is 1. The van der Waals surface area contributed by atoms with Gasteiger partial charge in [-0.15, -0.1) is 0 Å². The van der Waals surface area contributed by atoms with Gasteiger partial charge in [-0.05, 0) is 25.5 Å². The van der Waals surface area contributed by atoms with Crippen molar-refractivity contribution in [2.24, 2.45) is 0 Å². The normalized spacial score (nSPS) is 10.5. The number of carboxylic acid groups (broad SMARTS) is 1. The number of aromatic carboxylic acids is 1. The van der Waals surface area contributed by atoms with Gasteiger partial charge in [0.1, 0.15) is 11.4 Å². The molecular weight excluding hydrogens is 192 g/mol. The highest BCUT2D eigenvalue weighted by Gasteiger charge is 2.08. The van der Waals surface area contributed by atoms with Gasteiger partial charge in [-0.2, -0.15) is 0 Å². The lowest BCUT2D eigenvalue weighted by Crippen LogP contribution is -2.08. The van der Waals surface area contributed by atoms with Crippen LogP contribution in [0.5, 0.6) is 0 Å². The van der Waals surface area contributed by atoms with Crippen molar-refractivity contribution >= 4 is 11.8 Å². The Hall–Kier alpha value is -1.84. The van der Waals surface area contributed by atoms with Crippen molar-refractivity contribution < 1.29 is 9.90 Å². The van der Waals surface area contributed by atoms with Crippen molar-refractivity contribution in [2.45, 2.75) is 13.3 Å². The third-order valence-corrected chi connectivity index (χ3v) is 1.88. The molecule has 0 aliphatic heterocycles. The van der Waals surface area contributed by atoms with E-state index in [-0.39, 0.29) is 5.56 Å². The quantitative estimate of drug-likeness (QED) is 0.572. The molecule has 1 rings (SSSR count). The molecular formula is C11H14N2O2. The van der Waals surface area contributed by atoms with Crippen molar-refractivity contribution in [3.63, 3.8) is 0 Å². The summed E-state index contributed by atoms with van der Waals surface area (Å²) >= 11 is 0. The van der Waals surface area contributed by atoms with Crippen LogP contribution >= 0.6 is 0 Å². The van der Waals surface area contributed by atoms with Crippen LogP contribution in [-0.2, 0) is 0 Å². The summed E-state index contributed by atoms with van der Waals surface area (Å²) in [4.78, 5) is 14.8. The number of pyridine rings is 1. The molecule has 4 heteroatoms. The van der Waals surface area contributed by atoms with Gasteiger partial charge < -0.3 is 10.4 Å². The van der Waals surface area contributed by atoms with Gasteiger partial charge in [0, 0.05) is 12.7 Å². The van der Waals surface area contributed by atoms with Gasteiger partial charge in [0.25, 0.3) is 0 Å². The van der Waals surface area contributed by atoms with E-state index in [2.05, 4.69) is 10.3 Å². The average Bonchev–Trinajstić information content (AvgIpc) is 2.25. The first-order valence-electron chi connectivity index (χ1n) is 4.79. The maximum Gasteiger partial charge on any atom is 0.339 e. The van der Waals surface area contributed by atoms with Gasteiger partial charge in [0.2, 0.25) is 0 Å². The standard InChI is InChI=1S/C11H14N2O2/c1-2-3-4-7-12-10-9(11(14)15)6-5-8-13-10/h2-3,5-6,8H,4,7H2,1H3,(H,12,13)(H,14,15)/b3-2+. The molecule has 1 heterocycles. The van der Waals surface area contributed by atoms with E-state index < -0.39 is 5.97 Å². The van der Waals surface area contributed by atoms with Crippen LogP contribution in [0.2, 0.25) is 0 Å². The van der Waals surface area contributed by atoms with Gasteiger partial charge in [-0.3, -0.25) is 0 Å². The molecule has 15 heavy (non-hydrogen) atoms. The van der Waals surface area contributed by atoms with Crippen molar-refractivity contribution in [3.8, 4) is 0 Å². The molecule has 2 N–H and O–H groups in total. The second-order valence-electron chi connectivity index (χ2n) is 2.99. The zero-order valence-corrected chi connectivity index (χ0v) is 8.60. The Morgan fingerprint density at radius 1 is 1.67 bits per heavy atom. The Kier molecular flexibility index (Phi) is 4.34. The highest BCUT2D eigenvalue weighted by atomic mass is 16.4. The fraction of sp³-hybridized carbons (Fsp3) is 0.273. The summed E-state index contributed by atoms with van der Waals surface area (Å²) < 4.78 is 0. The molecule has 0 bridgehead atoms. The second-order valence-corrected chi connectivity index (χ2v) is 2.99. The van der Waals surface area contributed by atoms with E-state index in [1.54, 1.807) is 12.3 Å². The summed E-state index contributed by atoms with van der Waals surface area (Å²) in [6.45, 7) is 2.63. The number of carbonyl (C=O) groups is 1. The summed E-state index contributed by atoms with van der Waals surface area (Å²) in [5.41, 5.74) is 0.206. The Bertz CT molecular complexity index is 361. The van der Waals surface area contributed by atoms with Gasteiger partial charge in [0.15, 0.2) is 0 Å². The predicted octanol–water partition coefficient (Wildman–Crippen LogP) is 2.16. The molecule has 80 valence electrons. The Morgan fingerprint density at radius 3 is 3.13 bits per heavy atom. The SMILES string of the molecule is C/C=C/CCNc1ncccc1C(=O)O. The molecule has 0 unspecified atom stereocenters. The Labute approximate surface area is 88.7 Å². The zero-order chi connectivity index (χ0) is 11.1. The van der Waals surface area contributed by atoms with Crippen LogP contribution in [0.1, 0.15) is 23.7 Å². The van der Waals surface area contributed by atoms with E-state index in [1.165, 1.54) is 6.07 Å². The van der Waals surface area contributed by atoms with Crippen LogP contribution in [0.15, 0.2) is 30.5 Å². The van der Waals surface area contributed by atoms with Gasteiger partial charge in [-0.25, -0.2) is 9.78 Å². The number of hydrogen-bond donors (Lipinski definition) is 2. The summed E-state index contributed by atoms with van der Waals surface area (Å²) in [5.74, 6) is -0.536. The minimum atomic E-state index is -0.961. The number of nitrogens with one attached hydrogen (secondary N) is 1. The summed E-state index contributed by atoms with van der Waals surface area (Å²) in [6.07, 6.45) is 6.39. The number of anilines is 1. The molecule has 1 aromatic heterocycles. The third kappa shape index (κ3) is 3.42. The molecule has 0 aliphatic rings. The van der Waals surface area contributed by atoms with Crippen molar-refractivity contribution in [3.05, 3.63) is 36.0 Å². The highest BCUT2D eigenvalue weighted by Crippen LogP contribution is 2.10. The average molecular weight is 206 g/mol. The monoisotopic (exact) mass is 206 g/mol. The molecule has 0 amide bonds. The minimum Gasteiger partial charge on any atom is -0.478 e. The third-order valence-electron chi connectivity index (χ3n) is 1.88. The number of allylic oxidation sites excluding steroid dienone is 1. The summed E-state index contributed by atoms with van der Waals surface area (Å²) in [5, 5.41) is 11.9. The number of carboxylic acids is 1.